The number of carbonyl (C=O) groups is 1. The van der Waals surface area contributed by atoms with Crippen molar-refractivity contribution in [2.75, 3.05) is 18.6 Å². The van der Waals surface area contributed by atoms with E-state index in [1.807, 2.05) is 0 Å². The van der Waals surface area contributed by atoms with Gasteiger partial charge in [-0.15, -0.1) is 0 Å². The van der Waals surface area contributed by atoms with E-state index in [-0.39, 0.29) is 23.6 Å². The fourth-order valence-corrected chi connectivity index (χ4v) is 1.78. The van der Waals surface area contributed by atoms with Crippen molar-refractivity contribution in [1.82, 2.24) is 5.32 Å². The van der Waals surface area contributed by atoms with Crippen LogP contribution in [0.4, 0.5) is 0 Å². The highest BCUT2D eigenvalue weighted by molar-refractivity contribution is 7.90. The van der Waals surface area contributed by atoms with Crippen LogP contribution < -0.4 is 5.32 Å². The average Bonchev–Trinajstić information content (AvgIpc) is 2.15. The first kappa shape index (κ1) is 13.8. The van der Waals surface area contributed by atoms with Gasteiger partial charge in [0, 0.05) is 17.8 Å². The molecular formula is C10H12ClNO4S. The first-order valence-electron chi connectivity index (χ1n) is 4.74. The van der Waals surface area contributed by atoms with E-state index in [4.69, 9.17) is 11.6 Å². The molecule has 0 atom stereocenters. The average molecular weight is 278 g/mol. The standard InChI is InChI=1S/C10H12ClNO4S/c1-17(15,16)5-4-12-10(14)8-3-2-7(11)6-9(8)13/h2-3,6,13H,4-5H2,1H3,(H,12,14). The van der Waals surface area contributed by atoms with Crippen molar-refractivity contribution in [3.63, 3.8) is 0 Å². The minimum atomic E-state index is -3.12. The second-order valence-corrected chi connectivity index (χ2v) is 6.24. The summed E-state index contributed by atoms with van der Waals surface area (Å²) >= 11 is 5.61. The van der Waals surface area contributed by atoms with E-state index in [0.717, 1.165) is 6.26 Å². The van der Waals surface area contributed by atoms with E-state index in [0.29, 0.717) is 5.02 Å². The van der Waals surface area contributed by atoms with Crippen molar-refractivity contribution in [2.45, 2.75) is 0 Å². The number of phenolic OH excluding ortho intramolecular Hbond substituents is 1. The Morgan fingerprint density at radius 1 is 1.47 bits per heavy atom. The van der Waals surface area contributed by atoms with Gasteiger partial charge in [0.1, 0.15) is 15.6 Å². The number of benzene rings is 1. The Balaban J connectivity index is 2.65. The van der Waals surface area contributed by atoms with Gasteiger partial charge in [0.2, 0.25) is 0 Å². The van der Waals surface area contributed by atoms with Crippen LogP contribution in [0.3, 0.4) is 0 Å². The summed E-state index contributed by atoms with van der Waals surface area (Å²) in [5.41, 5.74) is 0.0582. The number of amides is 1. The number of nitrogens with one attached hydrogen (secondary N) is 1. The second-order valence-electron chi connectivity index (χ2n) is 3.55. The lowest BCUT2D eigenvalue weighted by molar-refractivity contribution is 0.0953. The van der Waals surface area contributed by atoms with Crippen molar-refractivity contribution in [3.8, 4) is 5.75 Å². The Bertz CT molecular complexity index is 527. The monoisotopic (exact) mass is 277 g/mol. The molecule has 0 aliphatic heterocycles. The molecule has 94 valence electrons. The molecule has 0 saturated heterocycles. The predicted molar refractivity (Wildman–Crippen MR) is 65.2 cm³/mol. The molecule has 0 fully saturated rings. The molecule has 7 heteroatoms. The fourth-order valence-electron chi connectivity index (χ4n) is 1.14. The van der Waals surface area contributed by atoms with E-state index < -0.39 is 15.7 Å². The fraction of sp³-hybridized carbons (Fsp3) is 0.300. The first-order valence-corrected chi connectivity index (χ1v) is 7.18. The van der Waals surface area contributed by atoms with Gasteiger partial charge in [-0.1, -0.05) is 11.6 Å². The summed E-state index contributed by atoms with van der Waals surface area (Å²) in [5, 5.41) is 12.2. The highest BCUT2D eigenvalue weighted by Crippen LogP contribution is 2.21. The molecule has 17 heavy (non-hydrogen) atoms. The lowest BCUT2D eigenvalue weighted by Crippen LogP contribution is -2.28. The molecule has 0 heterocycles. The van der Waals surface area contributed by atoms with Crippen LogP contribution in [0.2, 0.25) is 5.02 Å². The Morgan fingerprint density at radius 3 is 2.65 bits per heavy atom. The summed E-state index contributed by atoms with van der Waals surface area (Å²) in [5.74, 6) is -0.926. The molecule has 0 aliphatic carbocycles. The summed E-state index contributed by atoms with van der Waals surface area (Å²) < 4.78 is 21.7. The quantitative estimate of drug-likeness (QED) is 0.853. The largest absolute Gasteiger partial charge is 0.507 e. The number of rotatable bonds is 4. The minimum Gasteiger partial charge on any atom is -0.507 e. The third kappa shape index (κ3) is 4.62. The molecule has 1 aromatic rings. The van der Waals surface area contributed by atoms with Crippen molar-refractivity contribution in [3.05, 3.63) is 28.8 Å². The van der Waals surface area contributed by atoms with Crippen LogP contribution in [-0.2, 0) is 9.84 Å². The normalized spacial score (nSPS) is 11.2. The molecule has 1 aromatic carbocycles. The van der Waals surface area contributed by atoms with Crippen molar-refractivity contribution in [1.29, 1.82) is 0 Å². The molecule has 0 saturated carbocycles. The zero-order valence-electron chi connectivity index (χ0n) is 9.10. The topological polar surface area (TPSA) is 83.5 Å². The Kier molecular flexibility index (Phi) is 4.36. The Morgan fingerprint density at radius 2 is 2.12 bits per heavy atom. The van der Waals surface area contributed by atoms with Crippen molar-refractivity contribution < 1.29 is 18.3 Å². The van der Waals surface area contributed by atoms with Gasteiger partial charge in [0.05, 0.1) is 11.3 Å². The van der Waals surface area contributed by atoms with Gasteiger partial charge >= 0.3 is 0 Å². The van der Waals surface area contributed by atoms with Crippen molar-refractivity contribution in [2.24, 2.45) is 0 Å². The Hall–Kier alpha value is -1.27. The van der Waals surface area contributed by atoms with Gasteiger partial charge in [0.15, 0.2) is 0 Å². The van der Waals surface area contributed by atoms with Crippen LogP contribution >= 0.6 is 11.6 Å². The highest BCUT2D eigenvalue weighted by Gasteiger charge is 2.11. The third-order valence-corrected chi connectivity index (χ3v) is 3.14. The second kappa shape index (κ2) is 5.37. The Labute approximate surface area is 104 Å². The minimum absolute atomic E-state index is 0.000265. The van der Waals surface area contributed by atoms with Crippen LogP contribution in [0.5, 0.6) is 5.75 Å². The molecule has 1 rings (SSSR count). The third-order valence-electron chi connectivity index (χ3n) is 1.96. The molecular weight excluding hydrogens is 266 g/mol. The van der Waals surface area contributed by atoms with Crippen molar-refractivity contribution >= 4 is 27.3 Å². The highest BCUT2D eigenvalue weighted by atomic mass is 35.5. The molecule has 0 aliphatic rings. The van der Waals surface area contributed by atoms with Gasteiger partial charge in [-0.05, 0) is 18.2 Å². The summed E-state index contributed by atoms with van der Waals surface area (Å²) in [4.78, 5) is 11.6. The van der Waals surface area contributed by atoms with E-state index in [2.05, 4.69) is 5.32 Å². The molecule has 1 amide bonds. The first-order chi connectivity index (χ1) is 7.79. The summed E-state index contributed by atoms with van der Waals surface area (Å²) in [6.07, 6.45) is 1.08. The lowest BCUT2D eigenvalue weighted by Gasteiger charge is -2.06. The van der Waals surface area contributed by atoms with Crippen LogP contribution in [0.1, 0.15) is 10.4 Å². The van der Waals surface area contributed by atoms with E-state index in [9.17, 15) is 18.3 Å². The zero-order chi connectivity index (χ0) is 13.1. The van der Waals surface area contributed by atoms with E-state index in [1.54, 1.807) is 0 Å². The smallest absolute Gasteiger partial charge is 0.255 e. The van der Waals surface area contributed by atoms with Gasteiger partial charge in [0.25, 0.3) is 5.91 Å². The number of sulfone groups is 1. The summed E-state index contributed by atoms with van der Waals surface area (Å²) in [7, 11) is -3.12. The lowest BCUT2D eigenvalue weighted by atomic mass is 10.2. The maximum atomic E-state index is 11.6. The van der Waals surface area contributed by atoms with E-state index in [1.165, 1.54) is 18.2 Å². The van der Waals surface area contributed by atoms with Gasteiger partial charge in [-0.2, -0.15) is 0 Å². The molecule has 0 radical (unpaired) electrons. The molecule has 2 N–H and O–H groups in total. The van der Waals surface area contributed by atoms with E-state index >= 15 is 0 Å². The molecule has 0 unspecified atom stereocenters. The molecule has 5 nitrogen and oxygen atoms in total. The van der Waals surface area contributed by atoms with Crippen LogP contribution in [0.25, 0.3) is 0 Å². The number of hydrogen-bond acceptors (Lipinski definition) is 4. The summed E-state index contributed by atoms with van der Waals surface area (Å²) in [6.45, 7) is -0.000265. The van der Waals surface area contributed by atoms with Gasteiger partial charge in [-0.3, -0.25) is 4.79 Å². The number of carbonyl (C=O) groups excluding carboxylic acids is 1. The maximum Gasteiger partial charge on any atom is 0.255 e. The van der Waals surface area contributed by atoms with Crippen LogP contribution in [-0.4, -0.2) is 38.0 Å². The number of hydrogen-bond donors (Lipinski definition) is 2. The van der Waals surface area contributed by atoms with Gasteiger partial charge in [-0.25, -0.2) is 8.42 Å². The van der Waals surface area contributed by atoms with Crippen LogP contribution in [0.15, 0.2) is 18.2 Å². The van der Waals surface area contributed by atoms with Gasteiger partial charge < -0.3 is 10.4 Å². The SMILES string of the molecule is CS(=O)(=O)CCNC(=O)c1ccc(Cl)cc1O. The molecule has 0 spiro atoms. The molecule has 0 bridgehead atoms. The number of halogens is 1. The zero-order valence-corrected chi connectivity index (χ0v) is 10.7. The number of phenols is 1. The van der Waals surface area contributed by atoms with Crippen LogP contribution in [0, 0.1) is 0 Å². The molecule has 0 aromatic heterocycles. The predicted octanol–water partition coefficient (Wildman–Crippen LogP) is 0.820. The summed E-state index contributed by atoms with van der Waals surface area (Å²) in [6, 6.07) is 4.08. The number of aromatic hydroxyl groups is 1. The maximum absolute atomic E-state index is 11.6.